The molecule has 1 aliphatic carbocycles. The molecule has 1 aromatic rings. The molecular formula is C12H17N3O3S. The van der Waals surface area contributed by atoms with E-state index in [2.05, 4.69) is 20.4 Å². The predicted molar refractivity (Wildman–Crippen MR) is 72.4 cm³/mol. The van der Waals surface area contributed by atoms with Crippen molar-refractivity contribution in [3.8, 4) is 0 Å². The second-order valence-corrected chi connectivity index (χ2v) is 5.61. The van der Waals surface area contributed by atoms with Crippen molar-refractivity contribution in [3.63, 3.8) is 0 Å². The minimum atomic E-state index is -0.427. The van der Waals surface area contributed by atoms with E-state index in [1.54, 1.807) is 0 Å². The summed E-state index contributed by atoms with van der Waals surface area (Å²) in [5, 5.41) is 6.60. The molecule has 1 aromatic heterocycles. The highest BCUT2D eigenvalue weighted by Gasteiger charge is 2.28. The third-order valence-corrected chi connectivity index (χ3v) is 3.75. The molecule has 0 aliphatic heterocycles. The summed E-state index contributed by atoms with van der Waals surface area (Å²) in [5.41, 5.74) is 0.344. The van der Waals surface area contributed by atoms with Crippen LogP contribution in [0.1, 0.15) is 28.2 Å². The number of nitrogens with zero attached hydrogens (tertiary/aromatic N) is 1. The number of rotatable bonds is 6. The highest BCUT2D eigenvalue weighted by molar-refractivity contribution is 7.15. The van der Waals surface area contributed by atoms with Gasteiger partial charge in [0.2, 0.25) is 5.91 Å². The third-order valence-electron chi connectivity index (χ3n) is 2.82. The molecule has 19 heavy (non-hydrogen) atoms. The molecule has 1 amide bonds. The van der Waals surface area contributed by atoms with Crippen LogP contribution in [0.4, 0.5) is 5.13 Å². The second kappa shape index (κ2) is 6.01. The van der Waals surface area contributed by atoms with Gasteiger partial charge in [0.05, 0.1) is 7.11 Å². The van der Waals surface area contributed by atoms with Crippen molar-refractivity contribution < 1.29 is 14.3 Å². The number of hydrogen-bond acceptors (Lipinski definition) is 6. The predicted octanol–water partition coefficient (Wildman–Crippen LogP) is 1.18. The number of hydrogen-bond donors (Lipinski definition) is 2. The van der Waals surface area contributed by atoms with Crippen LogP contribution >= 0.6 is 11.3 Å². The standard InChI is InChI=1S/C12H17N3O3S/c1-7-9(11(17)18-2)15-12(19-7)14-6-5-13-10(16)8-3-4-8/h8H,3-6H2,1-2H3,(H,13,16)(H,14,15). The summed E-state index contributed by atoms with van der Waals surface area (Å²) >= 11 is 1.40. The summed E-state index contributed by atoms with van der Waals surface area (Å²) in [4.78, 5) is 27.8. The summed E-state index contributed by atoms with van der Waals surface area (Å²) in [6.45, 7) is 2.97. The van der Waals surface area contributed by atoms with Crippen LogP contribution in [0, 0.1) is 12.8 Å². The number of esters is 1. The average molecular weight is 283 g/mol. The fourth-order valence-electron chi connectivity index (χ4n) is 1.60. The lowest BCUT2D eigenvalue weighted by molar-refractivity contribution is -0.122. The molecule has 0 saturated heterocycles. The fraction of sp³-hybridized carbons (Fsp3) is 0.583. The van der Waals surface area contributed by atoms with Crippen molar-refractivity contribution in [1.29, 1.82) is 0 Å². The largest absolute Gasteiger partial charge is 0.464 e. The highest BCUT2D eigenvalue weighted by atomic mass is 32.1. The van der Waals surface area contributed by atoms with Gasteiger partial charge in [-0.25, -0.2) is 9.78 Å². The Balaban J connectivity index is 1.76. The normalized spacial score (nSPS) is 14.0. The topological polar surface area (TPSA) is 80.3 Å². The van der Waals surface area contributed by atoms with Gasteiger partial charge in [0.15, 0.2) is 10.8 Å². The number of carbonyl (C=O) groups is 2. The molecule has 2 N–H and O–H groups in total. The molecule has 7 heteroatoms. The van der Waals surface area contributed by atoms with E-state index >= 15 is 0 Å². The minimum absolute atomic E-state index is 0.132. The van der Waals surface area contributed by atoms with Crippen LogP contribution in [0.3, 0.4) is 0 Å². The Morgan fingerprint density at radius 2 is 2.16 bits per heavy atom. The lowest BCUT2D eigenvalue weighted by Gasteiger charge is -2.04. The average Bonchev–Trinajstić information content (AvgIpc) is 3.18. The number of aromatic nitrogens is 1. The number of thiazole rings is 1. The van der Waals surface area contributed by atoms with Crippen molar-refractivity contribution >= 4 is 28.3 Å². The van der Waals surface area contributed by atoms with E-state index in [0.29, 0.717) is 23.9 Å². The molecule has 0 bridgehead atoms. The number of anilines is 1. The molecular weight excluding hydrogens is 266 g/mol. The zero-order chi connectivity index (χ0) is 13.8. The van der Waals surface area contributed by atoms with E-state index in [4.69, 9.17) is 0 Å². The molecule has 1 fully saturated rings. The maximum absolute atomic E-state index is 11.4. The van der Waals surface area contributed by atoms with Crippen LogP contribution in [0.15, 0.2) is 0 Å². The van der Waals surface area contributed by atoms with Crippen molar-refractivity contribution in [2.24, 2.45) is 5.92 Å². The molecule has 2 rings (SSSR count). The zero-order valence-corrected chi connectivity index (χ0v) is 11.8. The summed E-state index contributed by atoms with van der Waals surface area (Å²) in [7, 11) is 1.33. The van der Waals surface area contributed by atoms with Crippen molar-refractivity contribution in [3.05, 3.63) is 10.6 Å². The monoisotopic (exact) mass is 283 g/mol. The van der Waals surface area contributed by atoms with E-state index in [0.717, 1.165) is 17.7 Å². The third kappa shape index (κ3) is 3.66. The Morgan fingerprint density at radius 3 is 2.79 bits per heavy atom. The van der Waals surface area contributed by atoms with Crippen LogP contribution in [0.2, 0.25) is 0 Å². The quantitative estimate of drug-likeness (QED) is 0.605. The van der Waals surface area contributed by atoms with Gasteiger partial charge in [-0.3, -0.25) is 4.79 Å². The Morgan fingerprint density at radius 1 is 1.42 bits per heavy atom. The lowest BCUT2D eigenvalue weighted by Crippen LogP contribution is -2.29. The van der Waals surface area contributed by atoms with Crippen molar-refractivity contribution in [2.75, 3.05) is 25.5 Å². The first-order chi connectivity index (χ1) is 9.11. The molecule has 0 spiro atoms. The SMILES string of the molecule is COC(=O)c1nc(NCCNC(=O)C2CC2)sc1C. The molecule has 1 saturated carbocycles. The number of methoxy groups -OCH3 is 1. The number of aryl methyl sites for hydroxylation is 1. The summed E-state index contributed by atoms with van der Waals surface area (Å²) < 4.78 is 4.64. The van der Waals surface area contributed by atoms with E-state index in [1.807, 2.05) is 6.92 Å². The molecule has 1 aliphatic rings. The molecule has 0 unspecified atom stereocenters. The maximum Gasteiger partial charge on any atom is 0.357 e. The highest BCUT2D eigenvalue weighted by Crippen LogP contribution is 2.28. The van der Waals surface area contributed by atoms with E-state index in [1.165, 1.54) is 18.4 Å². The first kappa shape index (κ1) is 13.8. The number of carbonyl (C=O) groups excluding carboxylic acids is 2. The molecule has 0 radical (unpaired) electrons. The van der Waals surface area contributed by atoms with Crippen molar-refractivity contribution in [1.82, 2.24) is 10.3 Å². The Kier molecular flexibility index (Phi) is 4.36. The number of amides is 1. The summed E-state index contributed by atoms with van der Waals surface area (Å²) in [6.07, 6.45) is 2.01. The van der Waals surface area contributed by atoms with Gasteiger partial charge in [-0.05, 0) is 19.8 Å². The molecule has 0 aromatic carbocycles. The van der Waals surface area contributed by atoms with Crippen LogP contribution in [0.25, 0.3) is 0 Å². The van der Waals surface area contributed by atoms with Crippen molar-refractivity contribution in [2.45, 2.75) is 19.8 Å². The number of ether oxygens (including phenoxy) is 1. The van der Waals surface area contributed by atoms with Gasteiger partial charge < -0.3 is 15.4 Å². The van der Waals surface area contributed by atoms with Gasteiger partial charge in [-0.15, -0.1) is 11.3 Å². The van der Waals surface area contributed by atoms with Gasteiger partial charge >= 0.3 is 5.97 Å². The van der Waals surface area contributed by atoms with Crippen LogP contribution in [0.5, 0.6) is 0 Å². The van der Waals surface area contributed by atoms with Gasteiger partial charge in [0, 0.05) is 23.9 Å². The Bertz CT molecular complexity index is 483. The molecule has 6 nitrogen and oxygen atoms in total. The lowest BCUT2D eigenvalue weighted by atomic mass is 10.4. The van der Waals surface area contributed by atoms with Crippen LogP contribution in [-0.2, 0) is 9.53 Å². The van der Waals surface area contributed by atoms with Crippen LogP contribution in [-0.4, -0.2) is 37.1 Å². The fourth-order valence-corrected chi connectivity index (χ4v) is 2.43. The van der Waals surface area contributed by atoms with E-state index in [9.17, 15) is 9.59 Å². The van der Waals surface area contributed by atoms with E-state index < -0.39 is 5.97 Å². The molecule has 1 heterocycles. The van der Waals surface area contributed by atoms with Gasteiger partial charge in [0.25, 0.3) is 0 Å². The Hall–Kier alpha value is -1.63. The van der Waals surface area contributed by atoms with Crippen LogP contribution < -0.4 is 10.6 Å². The first-order valence-electron chi connectivity index (χ1n) is 6.19. The smallest absolute Gasteiger partial charge is 0.357 e. The first-order valence-corrected chi connectivity index (χ1v) is 7.00. The second-order valence-electron chi connectivity index (χ2n) is 4.41. The molecule has 0 atom stereocenters. The van der Waals surface area contributed by atoms with Gasteiger partial charge in [0.1, 0.15) is 0 Å². The Labute approximate surface area is 115 Å². The van der Waals surface area contributed by atoms with Gasteiger partial charge in [-0.2, -0.15) is 0 Å². The zero-order valence-electron chi connectivity index (χ0n) is 11.0. The minimum Gasteiger partial charge on any atom is -0.464 e. The molecule has 104 valence electrons. The van der Waals surface area contributed by atoms with Gasteiger partial charge in [-0.1, -0.05) is 0 Å². The number of nitrogens with one attached hydrogen (secondary N) is 2. The summed E-state index contributed by atoms with van der Waals surface area (Å²) in [6, 6.07) is 0. The van der Waals surface area contributed by atoms with E-state index in [-0.39, 0.29) is 11.8 Å². The summed E-state index contributed by atoms with van der Waals surface area (Å²) in [5.74, 6) is -0.0655. The maximum atomic E-state index is 11.4.